The molecule has 0 atom stereocenters. The highest BCUT2D eigenvalue weighted by Gasteiger charge is 2.22. The summed E-state index contributed by atoms with van der Waals surface area (Å²) < 4.78 is 32.7. The third kappa shape index (κ3) is 2.49. The average molecular weight is 373 g/mol. The lowest BCUT2D eigenvalue weighted by Crippen LogP contribution is -2.10. The molecule has 25 heavy (non-hydrogen) atoms. The molecule has 6 nitrogen and oxygen atoms in total. The van der Waals surface area contributed by atoms with Crippen LogP contribution in [-0.4, -0.2) is 22.5 Å². The number of fused-ring (bicyclic) bond motifs is 1. The maximum absolute atomic E-state index is 13.0. The standard InChI is InChI=1S/C17H15N3O3S2/c1-10-4-5-16(24-10)25(21,22)20-7-6-14-15(20)8-13(9-18-14)17-11(2)19-23-12(17)3/h4-9H,1-3H3. The molecule has 128 valence electrons. The van der Waals surface area contributed by atoms with Crippen LogP contribution in [0.4, 0.5) is 0 Å². The highest BCUT2D eigenvalue weighted by molar-refractivity contribution is 7.92. The molecule has 0 fully saturated rings. The Morgan fingerprint density at radius 2 is 1.96 bits per heavy atom. The minimum atomic E-state index is -3.65. The van der Waals surface area contributed by atoms with Crippen LogP contribution in [0.15, 0.2) is 45.4 Å². The fourth-order valence-electron chi connectivity index (χ4n) is 2.88. The van der Waals surface area contributed by atoms with E-state index in [0.29, 0.717) is 21.0 Å². The van der Waals surface area contributed by atoms with Crippen molar-refractivity contribution < 1.29 is 12.9 Å². The molecule has 0 spiro atoms. The van der Waals surface area contributed by atoms with Gasteiger partial charge in [0, 0.05) is 28.4 Å². The number of thiophene rings is 1. The van der Waals surface area contributed by atoms with Crippen molar-refractivity contribution in [3.63, 3.8) is 0 Å². The quantitative estimate of drug-likeness (QED) is 0.544. The van der Waals surface area contributed by atoms with Gasteiger partial charge in [-0.15, -0.1) is 11.3 Å². The van der Waals surface area contributed by atoms with E-state index >= 15 is 0 Å². The first-order valence-corrected chi connectivity index (χ1v) is 9.86. The molecule has 4 aromatic heterocycles. The second-order valence-corrected chi connectivity index (χ2v) is 9.14. The molecular weight excluding hydrogens is 358 g/mol. The average Bonchev–Trinajstić information content (AvgIpc) is 3.26. The molecule has 4 aromatic rings. The van der Waals surface area contributed by atoms with Crippen molar-refractivity contribution in [1.29, 1.82) is 0 Å². The van der Waals surface area contributed by atoms with E-state index in [-0.39, 0.29) is 0 Å². The fraction of sp³-hybridized carbons (Fsp3) is 0.176. The van der Waals surface area contributed by atoms with E-state index in [1.165, 1.54) is 15.3 Å². The van der Waals surface area contributed by atoms with E-state index in [4.69, 9.17) is 4.52 Å². The third-order valence-electron chi connectivity index (χ3n) is 4.05. The van der Waals surface area contributed by atoms with E-state index in [0.717, 1.165) is 21.7 Å². The second-order valence-electron chi connectivity index (χ2n) is 5.81. The summed E-state index contributed by atoms with van der Waals surface area (Å²) in [6.45, 7) is 5.55. The molecule has 0 aliphatic carbocycles. The molecule has 0 saturated carbocycles. The summed E-state index contributed by atoms with van der Waals surface area (Å²) in [6, 6.07) is 6.95. The predicted octanol–water partition coefficient (Wildman–Crippen LogP) is 3.92. The first-order valence-electron chi connectivity index (χ1n) is 7.60. The molecule has 0 N–H and O–H groups in total. The largest absolute Gasteiger partial charge is 0.361 e. The van der Waals surface area contributed by atoms with Crippen LogP contribution < -0.4 is 0 Å². The number of hydrogen-bond donors (Lipinski definition) is 0. The van der Waals surface area contributed by atoms with Crippen LogP contribution in [0.1, 0.15) is 16.3 Å². The predicted molar refractivity (Wildman–Crippen MR) is 96.3 cm³/mol. The number of rotatable bonds is 3. The van der Waals surface area contributed by atoms with Crippen LogP contribution in [0, 0.1) is 20.8 Å². The van der Waals surface area contributed by atoms with Crippen molar-refractivity contribution >= 4 is 32.4 Å². The summed E-state index contributed by atoms with van der Waals surface area (Å²) in [4.78, 5) is 5.35. The van der Waals surface area contributed by atoms with Gasteiger partial charge in [-0.05, 0) is 45.0 Å². The summed E-state index contributed by atoms with van der Waals surface area (Å²) in [7, 11) is -3.65. The zero-order chi connectivity index (χ0) is 17.8. The molecule has 4 heterocycles. The first kappa shape index (κ1) is 16.0. The third-order valence-corrected chi connectivity index (χ3v) is 7.21. The van der Waals surface area contributed by atoms with Gasteiger partial charge >= 0.3 is 0 Å². The number of aromatic nitrogens is 3. The molecule has 0 bridgehead atoms. The van der Waals surface area contributed by atoms with Gasteiger partial charge < -0.3 is 4.52 Å². The van der Waals surface area contributed by atoms with Gasteiger partial charge in [0.1, 0.15) is 9.97 Å². The van der Waals surface area contributed by atoms with Crippen molar-refractivity contribution in [3.05, 3.63) is 53.0 Å². The van der Waals surface area contributed by atoms with Gasteiger partial charge in [-0.1, -0.05) is 5.16 Å². The van der Waals surface area contributed by atoms with Crippen LogP contribution in [-0.2, 0) is 10.0 Å². The van der Waals surface area contributed by atoms with E-state index in [9.17, 15) is 8.42 Å². The SMILES string of the molecule is Cc1ccc(S(=O)(=O)n2ccc3ncc(-c4c(C)noc4C)cc32)s1. The molecule has 0 unspecified atom stereocenters. The monoisotopic (exact) mass is 373 g/mol. The van der Waals surface area contributed by atoms with Crippen LogP contribution in [0.2, 0.25) is 0 Å². The summed E-state index contributed by atoms with van der Waals surface area (Å²) in [6.07, 6.45) is 3.25. The Balaban J connectivity index is 1.93. The van der Waals surface area contributed by atoms with Gasteiger partial charge in [0.05, 0.1) is 16.7 Å². The van der Waals surface area contributed by atoms with Gasteiger partial charge in [0.15, 0.2) is 0 Å². The summed E-state index contributed by atoms with van der Waals surface area (Å²) in [5, 5.41) is 3.96. The first-order chi connectivity index (χ1) is 11.9. The molecule has 0 amide bonds. The molecule has 0 saturated heterocycles. The Labute approximate surface area is 148 Å². The van der Waals surface area contributed by atoms with Crippen molar-refractivity contribution in [3.8, 4) is 11.1 Å². The number of hydrogen-bond acceptors (Lipinski definition) is 6. The molecular formula is C17H15N3O3S2. The highest BCUT2D eigenvalue weighted by atomic mass is 32.2. The minimum absolute atomic E-state index is 0.310. The maximum Gasteiger partial charge on any atom is 0.277 e. The molecule has 8 heteroatoms. The summed E-state index contributed by atoms with van der Waals surface area (Å²) in [5.74, 6) is 0.675. The lowest BCUT2D eigenvalue weighted by molar-refractivity contribution is 0.393. The zero-order valence-electron chi connectivity index (χ0n) is 13.8. The Hall–Kier alpha value is -2.45. The topological polar surface area (TPSA) is 78.0 Å². The maximum atomic E-state index is 13.0. The molecule has 0 aromatic carbocycles. The smallest absolute Gasteiger partial charge is 0.277 e. The van der Waals surface area contributed by atoms with Crippen LogP contribution in [0.5, 0.6) is 0 Å². The van der Waals surface area contributed by atoms with Crippen LogP contribution in [0.3, 0.4) is 0 Å². The lowest BCUT2D eigenvalue weighted by atomic mass is 10.1. The molecule has 4 rings (SSSR count). The Bertz CT molecular complexity index is 1180. The van der Waals surface area contributed by atoms with Crippen molar-refractivity contribution in [2.75, 3.05) is 0 Å². The lowest BCUT2D eigenvalue weighted by Gasteiger charge is -2.06. The Kier molecular flexibility index (Phi) is 3.55. The van der Waals surface area contributed by atoms with Gasteiger partial charge in [-0.2, -0.15) is 8.42 Å². The van der Waals surface area contributed by atoms with E-state index in [1.807, 2.05) is 26.8 Å². The zero-order valence-corrected chi connectivity index (χ0v) is 15.5. The molecule has 0 radical (unpaired) electrons. The fourth-order valence-corrected chi connectivity index (χ4v) is 5.58. The molecule has 0 aliphatic heterocycles. The number of nitrogens with zero attached hydrogens (tertiary/aromatic N) is 3. The van der Waals surface area contributed by atoms with E-state index in [2.05, 4.69) is 10.1 Å². The van der Waals surface area contributed by atoms with Gasteiger partial charge in [-0.3, -0.25) is 4.98 Å². The second kappa shape index (κ2) is 5.53. The van der Waals surface area contributed by atoms with Crippen LogP contribution >= 0.6 is 11.3 Å². The normalized spacial score (nSPS) is 12.1. The van der Waals surface area contributed by atoms with E-state index < -0.39 is 10.0 Å². The van der Waals surface area contributed by atoms with E-state index in [1.54, 1.807) is 30.6 Å². The number of aryl methyl sites for hydroxylation is 3. The van der Waals surface area contributed by atoms with Crippen molar-refractivity contribution in [1.82, 2.24) is 14.1 Å². The summed E-state index contributed by atoms with van der Waals surface area (Å²) >= 11 is 1.25. The Morgan fingerprint density at radius 3 is 2.60 bits per heavy atom. The number of pyridine rings is 1. The van der Waals surface area contributed by atoms with Crippen molar-refractivity contribution in [2.45, 2.75) is 25.0 Å². The highest BCUT2D eigenvalue weighted by Crippen LogP contribution is 2.31. The van der Waals surface area contributed by atoms with Gasteiger partial charge in [0.2, 0.25) is 0 Å². The summed E-state index contributed by atoms with van der Waals surface area (Å²) in [5.41, 5.74) is 3.51. The van der Waals surface area contributed by atoms with Crippen molar-refractivity contribution in [2.24, 2.45) is 0 Å². The Morgan fingerprint density at radius 1 is 1.16 bits per heavy atom. The van der Waals surface area contributed by atoms with Gasteiger partial charge in [0.25, 0.3) is 10.0 Å². The minimum Gasteiger partial charge on any atom is -0.361 e. The van der Waals surface area contributed by atoms with Crippen LogP contribution in [0.25, 0.3) is 22.2 Å². The molecule has 0 aliphatic rings. The van der Waals surface area contributed by atoms with Gasteiger partial charge in [-0.25, -0.2) is 3.97 Å².